The third kappa shape index (κ3) is 3.58. The van der Waals surface area contributed by atoms with Gasteiger partial charge in [-0.05, 0) is 38.4 Å². The van der Waals surface area contributed by atoms with E-state index in [9.17, 15) is 4.79 Å². The molecule has 0 radical (unpaired) electrons. The van der Waals surface area contributed by atoms with Gasteiger partial charge in [0.15, 0.2) is 0 Å². The van der Waals surface area contributed by atoms with E-state index in [1.165, 1.54) is 11.3 Å². The molecule has 3 nitrogen and oxygen atoms in total. The van der Waals surface area contributed by atoms with Crippen LogP contribution in [0.4, 0.5) is 0 Å². The summed E-state index contributed by atoms with van der Waals surface area (Å²) in [7, 11) is 0. The second-order valence-electron chi connectivity index (χ2n) is 4.09. The largest absolute Gasteiger partial charge is 0.349 e. The molecule has 1 aliphatic heterocycles. The molecular weight excluding hydrogens is 279 g/mol. The number of carbonyl (C=O) groups is 1. The normalized spacial score (nSPS) is 20.9. The van der Waals surface area contributed by atoms with Crippen LogP contribution in [0.15, 0.2) is 6.07 Å². The highest BCUT2D eigenvalue weighted by Crippen LogP contribution is 2.31. The molecule has 1 aromatic rings. The Balaban J connectivity index is 1.98. The Morgan fingerprint density at radius 1 is 1.41 bits per heavy atom. The minimum Gasteiger partial charge on any atom is -0.349 e. The molecule has 2 rings (SSSR count). The molecule has 2 heterocycles. The van der Waals surface area contributed by atoms with Gasteiger partial charge in [-0.2, -0.15) is 0 Å². The summed E-state index contributed by atoms with van der Waals surface area (Å²) in [5.74, 6) is -0.120. The van der Waals surface area contributed by atoms with Gasteiger partial charge in [-0.15, -0.1) is 11.3 Å². The van der Waals surface area contributed by atoms with Gasteiger partial charge in [0.25, 0.3) is 5.91 Å². The maximum atomic E-state index is 12.0. The van der Waals surface area contributed by atoms with E-state index in [1.807, 2.05) is 0 Å². The molecule has 17 heavy (non-hydrogen) atoms. The van der Waals surface area contributed by atoms with Crippen LogP contribution in [0.25, 0.3) is 0 Å². The van der Waals surface area contributed by atoms with Gasteiger partial charge in [0.1, 0.15) is 4.34 Å². The van der Waals surface area contributed by atoms with Crippen molar-refractivity contribution in [3.05, 3.63) is 20.3 Å². The summed E-state index contributed by atoms with van der Waals surface area (Å²) in [5.41, 5.74) is 0.485. The van der Waals surface area contributed by atoms with Gasteiger partial charge in [0.2, 0.25) is 0 Å². The van der Waals surface area contributed by atoms with Crippen LogP contribution in [0, 0.1) is 0 Å². The predicted molar refractivity (Wildman–Crippen MR) is 72.3 cm³/mol. The molecule has 0 saturated carbocycles. The molecule has 1 saturated heterocycles. The molecule has 1 aromatic heterocycles. The lowest BCUT2D eigenvalue weighted by Crippen LogP contribution is -2.35. The molecule has 0 aromatic carbocycles. The number of nitrogens with one attached hydrogen (secondary N) is 2. The zero-order valence-corrected chi connectivity index (χ0v) is 11.6. The summed E-state index contributed by atoms with van der Waals surface area (Å²) in [6, 6.07) is 1.85. The molecule has 1 fully saturated rings. The van der Waals surface area contributed by atoms with Gasteiger partial charge < -0.3 is 10.6 Å². The summed E-state index contributed by atoms with van der Waals surface area (Å²) in [4.78, 5) is 12.0. The third-order valence-electron chi connectivity index (χ3n) is 2.81. The molecule has 2 N–H and O–H groups in total. The van der Waals surface area contributed by atoms with E-state index in [0.717, 1.165) is 32.4 Å². The molecular formula is C11H14Cl2N2OS. The standard InChI is InChI=1S/C11H14Cl2N2OS/c12-9-6-8(10(13)17-9)11(16)15-7-2-1-4-14-5-3-7/h6-7,14H,1-5H2,(H,15,16). The van der Waals surface area contributed by atoms with Gasteiger partial charge in [-0.1, -0.05) is 23.2 Å². The zero-order chi connectivity index (χ0) is 12.3. The number of rotatable bonds is 2. The summed E-state index contributed by atoms with van der Waals surface area (Å²) in [5, 5.41) is 6.32. The Labute approximate surface area is 114 Å². The fourth-order valence-corrected chi connectivity index (χ4v) is 3.38. The van der Waals surface area contributed by atoms with Crippen LogP contribution in [-0.2, 0) is 0 Å². The summed E-state index contributed by atoms with van der Waals surface area (Å²) >= 11 is 13.0. The molecule has 94 valence electrons. The first-order chi connectivity index (χ1) is 8.16. The van der Waals surface area contributed by atoms with Crippen molar-refractivity contribution in [2.75, 3.05) is 13.1 Å². The highest BCUT2D eigenvalue weighted by atomic mass is 35.5. The predicted octanol–water partition coefficient (Wildman–Crippen LogP) is 2.93. The summed E-state index contributed by atoms with van der Waals surface area (Å²) in [6.45, 7) is 1.97. The Morgan fingerprint density at radius 2 is 2.24 bits per heavy atom. The first kappa shape index (κ1) is 13.1. The summed E-state index contributed by atoms with van der Waals surface area (Å²) in [6.07, 6.45) is 3.05. The lowest BCUT2D eigenvalue weighted by atomic mass is 10.1. The molecule has 1 unspecified atom stereocenters. The SMILES string of the molecule is O=C(NC1CCCNCC1)c1cc(Cl)sc1Cl. The van der Waals surface area contributed by atoms with Crippen LogP contribution in [0.2, 0.25) is 8.67 Å². The van der Waals surface area contributed by atoms with Crippen LogP contribution in [0.3, 0.4) is 0 Å². The highest BCUT2D eigenvalue weighted by molar-refractivity contribution is 7.20. The monoisotopic (exact) mass is 292 g/mol. The minimum absolute atomic E-state index is 0.120. The van der Waals surface area contributed by atoms with Gasteiger partial charge in [-0.3, -0.25) is 4.79 Å². The number of halogens is 2. The average Bonchev–Trinajstić information content (AvgIpc) is 2.51. The number of amides is 1. The molecule has 1 aliphatic rings. The first-order valence-electron chi connectivity index (χ1n) is 5.63. The van der Waals surface area contributed by atoms with Crippen molar-refractivity contribution in [2.24, 2.45) is 0 Å². The van der Waals surface area contributed by atoms with E-state index in [-0.39, 0.29) is 11.9 Å². The van der Waals surface area contributed by atoms with Gasteiger partial charge in [0.05, 0.1) is 9.90 Å². The minimum atomic E-state index is -0.120. The van der Waals surface area contributed by atoms with Crippen LogP contribution < -0.4 is 10.6 Å². The Kier molecular flexibility index (Phi) is 4.68. The van der Waals surface area contributed by atoms with E-state index in [4.69, 9.17) is 23.2 Å². The second kappa shape index (κ2) is 6.05. The first-order valence-corrected chi connectivity index (χ1v) is 7.20. The Bertz CT molecular complexity index is 400. The number of hydrogen-bond donors (Lipinski definition) is 2. The maximum Gasteiger partial charge on any atom is 0.253 e. The van der Waals surface area contributed by atoms with Crippen LogP contribution in [0.1, 0.15) is 29.6 Å². The van der Waals surface area contributed by atoms with Crippen molar-refractivity contribution >= 4 is 40.4 Å². The van der Waals surface area contributed by atoms with Crippen molar-refractivity contribution in [3.8, 4) is 0 Å². The Morgan fingerprint density at radius 3 is 2.94 bits per heavy atom. The molecule has 6 heteroatoms. The fraction of sp³-hybridized carbons (Fsp3) is 0.545. The zero-order valence-electron chi connectivity index (χ0n) is 9.26. The van der Waals surface area contributed by atoms with E-state index in [2.05, 4.69) is 10.6 Å². The van der Waals surface area contributed by atoms with Crippen molar-refractivity contribution in [1.29, 1.82) is 0 Å². The van der Waals surface area contributed by atoms with Crippen molar-refractivity contribution in [3.63, 3.8) is 0 Å². The lowest BCUT2D eigenvalue weighted by molar-refractivity contribution is 0.0934. The lowest BCUT2D eigenvalue weighted by Gasteiger charge is -2.15. The number of thiophene rings is 1. The van der Waals surface area contributed by atoms with Gasteiger partial charge in [-0.25, -0.2) is 0 Å². The van der Waals surface area contributed by atoms with Crippen molar-refractivity contribution < 1.29 is 4.79 Å². The molecule has 0 spiro atoms. The van der Waals surface area contributed by atoms with E-state index in [1.54, 1.807) is 6.07 Å². The average molecular weight is 293 g/mol. The van der Waals surface area contributed by atoms with Gasteiger partial charge >= 0.3 is 0 Å². The van der Waals surface area contributed by atoms with Crippen LogP contribution >= 0.6 is 34.5 Å². The maximum absolute atomic E-state index is 12.0. The molecule has 1 amide bonds. The molecule has 0 bridgehead atoms. The quantitative estimate of drug-likeness (QED) is 0.880. The van der Waals surface area contributed by atoms with Gasteiger partial charge in [0, 0.05) is 6.04 Å². The van der Waals surface area contributed by atoms with E-state index < -0.39 is 0 Å². The smallest absolute Gasteiger partial charge is 0.253 e. The second-order valence-corrected chi connectivity index (χ2v) is 6.37. The third-order valence-corrected chi connectivity index (χ3v) is 4.30. The Hall–Kier alpha value is -0.290. The van der Waals surface area contributed by atoms with Crippen molar-refractivity contribution in [1.82, 2.24) is 10.6 Å². The number of carbonyl (C=O) groups excluding carboxylic acids is 1. The fourth-order valence-electron chi connectivity index (χ4n) is 1.92. The van der Waals surface area contributed by atoms with E-state index in [0.29, 0.717) is 14.2 Å². The molecule has 1 atom stereocenters. The van der Waals surface area contributed by atoms with E-state index >= 15 is 0 Å². The topological polar surface area (TPSA) is 41.1 Å². The number of hydrogen-bond acceptors (Lipinski definition) is 3. The highest BCUT2D eigenvalue weighted by Gasteiger charge is 2.18. The van der Waals surface area contributed by atoms with Crippen LogP contribution in [0.5, 0.6) is 0 Å². The van der Waals surface area contributed by atoms with Crippen molar-refractivity contribution in [2.45, 2.75) is 25.3 Å². The van der Waals surface area contributed by atoms with Crippen LogP contribution in [-0.4, -0.2) is 25.0 Å². The molecule has 0 aliphatic carbocycles. The summed E-state index contributed by atoms with van der Waals surface area (Å²) < 4.78 is 1.00.